The van der Waals surface area contributed by atoms with Crippen LogP contribution in [0.3, 0.4) is 0 Å². The van der Waals surface area contributed by atoms with Crippen LogP contribution in [0.1, 0.15) is 12.0 Å². The Bertz CT molecular complexity index is 588. The first kappa shape index (κ1) is 15.9. The Balaban J connectivity index is 2.03. The first-order valence-corrected chi connectivity index (χ1v) is 8.25. The van der Waals surface area contributed by atoms with E-state index in [0.717, 1.165) is 5.56 Å². The number of nitrogens with one attached hydrogen (secondary N) is 1. The smallest absolute Gasteiger partial charge is 0.322 e. The molecule has 1 aliphatic rings. The average molecular weight is 312 g/mol. The van der Waals surface area contributed by atoms with Crippen molar-refractivity contribution in [2.45, 2.75) is 24.3 Å². The fourth-order valence-corrected chi connectivity index (χ4v) is 4.02. The summed E-state index contributed by atoms with van der Waals surface area (Å²) in [5, 5.41) is 2.30. The van der Waals surface area contributed by atoms with Gasteiger partial charge in [0.2, 0.25) is 10.0 Å². The molecule has 1 aliphatic heterocycles. The number of esters is 1. The van der Waals surface area contributed by atoms with Crippen LogP contribution in [0.2, 0.25) is 0 Å². The molecule has 2 unspecified atom stereocenters. The van der Waals surface area contributed by atoms with Crippen LogP contribution < -0.4 is 5.32 Å². The normalized spacial score (nSPS) is 22.4. The number of hydrogen-bond donors (Lipinski definition) is 1. The Morgan fingerprint density at radius 3 is 2.67 bits per heavy atom. The van der Waals surface area contributed by atoms with Crippen molar-refractivity contribution in [1.29, 1.82) is 0 Å². The van der Waals surface area contributed by atoms with E-state index in [1.54, 1.807) is 7.05 Å². The monoisotopic (exact) mass is 312 g/mol. The third-order valence-corrected chi connectivity index (χ3v) is 5.88. The zero-order chi connectivity index (χ0) is 15.5. The van der Waals surface area contributed by atoms with Crippen LogP contribution >= 0.6 is 0 Å². The van der Waals surface area contributed by atoms with Gasteiger partial charge in [-0.1, -0.05) is 30.3 Å². The van der Waals surface area contributed by atoms with E-state index in [4.69, 9.17) is 0 Å². The van der Waals surface area contributed by atoms with Crippen molar-refractivity contribution in [1.82, 2.24) is 9.62 Å². The Morgan fingerprint density at radius 1 is 1.38 bits per heavy atom. The van der Waals surface area contributed by atoms with E-state index in [0.29, 0.717) is 6.54 Å². The fourth-order valence-electron chi connectivity index (χ4n) is 2.44. The van der Waals surface area contributed by atoms with E-state index in [-0.39, 0.29) is 13.0 Å². The lowest BCUT2D eigenvalue weighted by Crippen LogP contribution is -2.36. The van der Waals surface area contributed by atoms with Crippen molar-refractivity contribution in [2.24, 2.45) is 0 Å². The second kappa shape index (κ2) is 6.55. The Kier molecular flexibility index (Phi) is 4.97. The van der Waals surface area contributed by atoms with Crippen LogP contribution in [0.15, 0.2) is 30.3 Å². The van der Waals surface area contributed by atoms with Crippen molar-refractivity contribution in [3.63, 3.8) is 0 Å². The van der Waals surface area contributed by atoms with Gasteiger partial charge < -0.3 is 10.1 Å². The average Bonchev–Trinajstić information content (AvgIpc) is 2.98. The van der Waals surface area contributed by atoms with Gasteiger partial charge in [-0.25, -0.2) is 12.7 Å². The lowest BCUT2D eigenvalue weighted by atomic mass is 10.2. The number of hydrogen-bond acceptors (Lipinski definition) is 5. The lowest BCUT2D eigenvalue weighted by molar-refractivity contribution is -0.142. The molecule has 7 heteroatoms. The van der Waals surface area contributed by atoms with Crippen molar-refractivity contribution < 1.29 is 17.9 Å². The van der Waals surface area contributed by atoms with Crippen LogP contribution in [0.25, 0.3) is 0 Å². The van der Waals surface area contributed by atoms with Crippen LogP contribution in [-0.4, -0.2) is 50.7 Å². The molecule has 0 aromatic heterocycles. The first-order chi connectivity index (χ1) is 9.95. The minimum Gasteiger partial charge on any atom is -0.468 e. The molecule has 1 aromatic rings. The maximum atomic E-state index is 12.5. The minimum atomic E-state index is -3.45. The van der Waals surface area contributed by atoms with Gasteiger partial charge in [-0.15, -0.1) is 0 Å². The van der Waals surface area contributed by atoms with Gasteiger partial charge >= 0.3 is 5.97 Å². The number of benzene rings is 1. The number of ether oxygens (including phenoxy) is 1. The Morgan fingerprint density at radius 2 is 2.05 bits per heavy atom. The van der Waals surface area contributed by atoms with Gasteiger partial charge in [-0.05, 0) is 12.0 Å². The summed E-state index contributed by atoms with van der Waals surface area (Å²) < 4.78 is 31.0. The summed E-state index contributed by atoms with van der Waals surface area (Å²) in [5.74, 6) is -0.418. The van der Waals surface area contributed by atoms with Crippen molar-refractivity contribution in [3.05, 3.63) is 35.9 Å². The van der Waals surface area contributed by atoms with Crippen LogP contribution in [0.5, 0.6) is 0 Å². The highest BCUT2D eigenvalue weighted by Crippen LogP contribution is 2.20. The maximum absolute atomic E-state index is 12.5. The molecule has 1 fully saturated rings. The molecular weight excluding hydrogens is 292 g/mol. The highest BCUT2D eigenvalue weighted by molar-refractivity contribution is 7.89. The fraction of sp³-hybridized carbons (Fsp3) is 0.500. The van der Waals surface area contributed by atoms with Crippen LogP contribution in [0, 0.1) is 0 Å². The van der Waals surface area contributed by atoms with Gasteiger partial charge in [0.05, 0.1) is 12.4 Å². The van der Waals surface area contributed by atoms with Gasteiger partial charge in [0.15, 0.2) is 0 Å². The van der Waals surface area contributed by atoms with Gasteiger partial charge in [0.1, 0.15) is 6.04 Å². The third-order valence-electron chi connectivity index (χ3n) is 3.68. The summed E-state index contributed by atoms with van der Waals surface area (Å²) in [6.07, 6.45) is 0.244. The van der Waals surface area contributed by atoms with E-state index < -0.39 is 27.3 Å². The molecule has 0 amide bonds. The molecule has 1 heterocycles. The molecule has 1 saturated heterocycles. The zero-order valence-corrected chi connectivity index (χ0v) is 13.0. The summed E-state index contributed by atoms with van der Waals surface area (Å²) in [6, 6.07) is 8.87. The molecule has 1 aromatic carbocycles. The highest BCUT2D eigenvalue weighted by atomic mass is 32.2. The number of methoxy groups -OCH3 is 1. The number of carbonyl (C=O) groups is 1. The van der Waals surface area contributed by atoms with Gasteiger partial charge in [0, 0.05) is 20.1 Å². The predicted octanol–water partition coefficient (Wildman–Crippen LogP) is 0.352. The van der Waals surface area contributed by atoms with Crippen LogP contribution in [0.4, 0.5) is 0 Å². The molecule has 0 bridgehead atoms. The molecule has 2 atom stereocenters. The Hall–Kier alpha value is -1.44. The van der Waals surface area contributed by atoms with Crippen LogP contribution in [-0.2, 0) is 26.1 Å². The summed E-state index contributed by atoms with van der Waals surface area (Å²) in [7, 11) is -0.586. The number of rotatable bonds is 5. The summed E-state index contributed by atoms with van der Waals surface area (Å²) in [4.78, 5) is 11.5. The predicted molar refractivity (Wildman–Crippen MR) is 79.0 cm³/mol. The quantitative estimate of drug-likeness (QED) is 0.794. The number of sulfonamides is 1. The van der Waals surface area contributed by atoms with Gasteiger partial charge in [-0.2, -0.15) is 0 Å². The lowest BCUT2D eigenvalue weighted by Gasteiger charge is -2.21. The van der Waals surface area contributed by atoms with E-state index in [1.807, 2.05) is 30.3 Å². The number of carbonyl (C=O) groups excluding carboxylic acids is 1. The molecule has 116 valence electrons. The summed E-state index contributed by atoms with van der Waals surface area (Å²) >= 11 is 0. The molecular formula is C14H20N2O4S. The second-order valence-electron chi connectivity index (χ2n) is 5.13. The topological polar surface area (TPSA) is 75.7 Å². The number of nitrogens with zero attached hydrogens (tertiary/aromatic N) is 1. The molecule has 0 spiro atoms. The maximum Gasteiger partial charge on any atom is 0.322 e. The van der Waals surface area contributed by atoms with E-state index >= 15 is 0 Å². The molecule has 0 saturated carbocycles. The molecule has 0 aliphatic carbocycles. The SMILES string of the molecule is COC(=O)C1CC(S(=O)(=O)N(C)Cc2ccccc2)CN1. The molecule has 6 nitrogen and oxygen atoms in total. The van der Waals surface area contributed by atoms with Crippen molar-refractivity contribution >= 4 is 16.0 Å². The first-order valence-electron chi connectivity index (χ1n) is 6.75. The van der Waals surface area contributed by atoms with E-state index in [2.05, 4.69) is 10.1 Å². The van der Waals surface area contributed by atoms with Crippen molar-refractivity contribution in [3.8, 4) is 0 Å². The molecule has 2 rings (SSSR count). The molecule has 21 heavy (non-hydrogen) atoms. The zero-order valence-electron chi connectivity index (χ0n) is 12.2. The summed E-state index contributed by atoms with van der Waals surface area (Å²) in [5.41, 5.74) is 0.930. The van der Waals surface area contributed by atoms with Gasteiger partial charge in [-0.3, -0.25) is 4.79 Å². The van der Waals surface area contributed by atoms with E-state index in [1.165, 1.54) is 11.4 Å². The highest BCUT2D eigenvalue weighted by Gasteiger charge is 2.39. The van der Waals surface area contributed by atoms with E-state index in [9.17, 15) is 13.2 Å². The standard InChI is InChI=1S/C14H20N2O4S/c1-16(10-11-6-4-3-5-7-11)21(18,19)12-8-13(15-9-12)14(17)20-2/h3-7,12-13,15H,8-10H2,1-2H3. The van der Waals surface area contributed by atoms with Gasteiger partial charge in [0.25, 0.3) is 0 Å². The minimum absolute atomic E-state index is 0.244. The molecule has 0 radical (unpaired) electrons. The van der Waals surface area contributed by atoms with Crippen molar-refractivity contribution in [2.75, 3.05) is 20.7 Å². The third kappa shape index (κ3) is 3.61. The second-order valence-corrected chi connectivity index (χ2v) is 7.45. The molecule has 1 N–H and O–H groups in total. The largest absolute Gasteiger partial charge is 0.468 e. The Labute approximate surface area is 125 Å². The summed E-state index contributed by atoms with van der Waals surface area (Å²) in [6.45, 7) is 0.587.